The van der Waals surface area contributed by atoms with Crippen molar-refractivity contribution in [2.75, 3.05) is 5.32 Å². The van der Waals surface area contributed by atoms with Gasteiger partial charge in [0, 0.05) is 18.2 Å². The maximum Gasteiger partial charge on any atom is 0.355 e. The second kappa shape index (κ2) is 10.7. The Morgan fingerprint density at radius 3 is 2.09 bits per heavy atom. The van der Waals surface area contributed by atoms with E-state index in [1.54, 1.807) is 18.2 Å². The van der Waals surface area contributed by atoms with Crippen LogP contribution in [-0.2, 0) is 19.1 Å². The fourth-order valence-corrected chi connectivity index (χ4v) is 3.03. The molecule has 6 heteroatoms. The molecule has 6 nitrogen and oxygen atoms in total. The maximum atomic E-state index is 12.7. The number of carbonyl (C=O) groups excluding carboxylic acids is 3. The second-order valence-electron chi connectivity index (χ2n) is 7.10. The van der Waals surface area contributed by atoms with Crippen molar-refractivity contribution in [1.29, 1.82) is 0 Å². The highest BCUT2D eigenvalue weighted by molar-refractivity contribution is 6.02. The first kappa shape index (κ1) is 22.5. The van der Waals surface area contributed by atoms with Gasteiger partial charge in [-0.2, -0.15) is 0 Å². The van der Waals surface area contributed by atoms with Crippen LogP contribution in [0.3, 0.4) is 0 Å². The van der Waals surface area contributed by atoms with E-state index in [0.29, 0.717) is 11.3 Å². The van der Waals surface area contributed by atoms with Gasteiger partial charge in [0.15, 0.2) is 6.10 Å². The Morgan fingerprint density at radius 2 is 1.44 bits per heavy atom. The van der Waals surface area contributed by atoms with Crippen molar-refractivity contribution in [3.05, 3.63) is 96.2 Å². The van der Waals surface area contributed by atoms with Crippen LogP contribution in [-0.4, -0.2) is 23.9 Å². The van der Waals surface area contributed by atoms with Crippen molar-refractivity contribution in [3.63, 3.8) is 0 Å². The minimum absolute atomic E-state index is 0.0481. The summed E-state index contributed by atoms with van der Waals surface area (Å²) in [5.41, 5.74) is 3.07. The van der Waals surface area contributed by atoms with Gasteiger partial charge in [-0.1, -0.05) is 78.9 Å². The van der Waals surface area contributed by atoms with Crippen LogP contribution in [0.5, 0.6) is 0 Å². The fourth-order valence-electron chi connectivity index (χ4n) is 3.03. The summed E-state index contributed by atoms with van der Waals surface area (Å²) in [6, 6.07) is 26.1. The molecule has 3 aromatic carbocycles. The first-order chi connectivity index (χ1) is 15.4. The third kappa shape index (κ3) is 6.15. The summed E-state index contributed by atoms with van der Waals surface area (Å²) < 4.78 is 5.33. The molecule has 0 fully saturated rings. The lowest BCUT2D eigenvalue weighted by atomic mass is 10.0. The van der Waals surface area contributed by atoms with E-state index < -0.39 is 23.9 Å². The van der Waals surface area contributed by atoms with Crippen LogP contribution < -0.4 is 10.6 Å². The summed E-state index contributed by atoms with van der Waals surface area (Å²) in [6.07, 6.45) is 0.415. The Hall–Kier alpha value is -4.19. The Bertz CT molecular complexity index is 1120. The normalized spacial score (nSPS) is 11.9. The summed E-state index contributed by atoms with van der Waals surface area (Å²) >= 11 is 0. The number of anilines is 1. The molecule has 0 heterocycles. The average Bonchev–Trinajstić information content (AvgIpc) is 2.80. The zero-order chi connectivity index (χ0) is 22.9. The van der Waals surface area contributed by atoms with Gasteiger partial charge in [-0.3, -0.25) is 9.59 Å². The van der Waals surface area contributed by atoms with E-state index in [1.807, 2.05) is 66.7 Å². The summed E-state index contributed by atoms with van der Waals surface area (Å²) in [5.74, 6) is -1.70. The van der Waals surface area contributed by atoms with Gasteiger partial charge in [0.25, 0.3) is 5.91 Å². The largest absolute Gasteiger partial charge is 0.448 e. The third-order valence-corrected chi connectivity index (χ3v) is 4.56. The molecule has 0 aliphatic rings. The van der Waals surface area contributed by atoms with Crippen LogP contribution in [0.2, 0.25) is 0 Å². The fraction of sp³-hybridized carbons (Fsp3) is 0.115. The molecule has 0 spiro atoms. The van der Waals surface area contributed by atoms with Crippen LogP contribution in [0.15, 0.2) is 90.6 Å². The Balaban J connectivity index is 1.73. The molecule has 0 saturated heterocycles. The molecule has 3 aromatic rings. The van der Waals surface area contributed by atoms with Gasteiger partial charge < -0.3 is 15.4 Å². The summed E-state index contributed by atoms with van der Waals surface area (Å²) in [6.45, 7) is 2.77. The van der Waals surface area contributed by atoms with Crippen molar-refractivity contribution < 1.29 is 19.1 Å². The first-order valence-electron chi connectivity index (χ1n) is 10.1. The minimum Gasteiger partial charge on any atom is -0.448 e. The highest BCUT2D eigenvalue weighted by Gasteiger charge is 2.22. The van der Waals surface area contributed by atoms with Crippen LogP contribution >= 0.6 is 0 Å². The van der Waals surface area contributed by atoms with Gasteiger partial charge in [0.1, 0.15) is 5.70 Å². The lowest BCUT2D eigenvalue weighted by Crippen LogP contribution is -2.34. The quantitative estimate of drug-likeness (QED) is 0.432. The number of esters is 1. The van der Waals surface area contributed by atoms with Crippen molar-refractivity contribution in [3.8, 4) is 11.1 Å². The van der Waals surface area contributed by atoms with Gasteiger partial charge in [0.2, 0.25) is 5.91 Å². The van der Waals surface area contributed by atoms with Crippen molar-refractivity contribution >= 4 is 29.5 Å². The molecule has 2 N–H and O–H groups in total. The number of carbonyl (C=O) groups is 3. The zero-order valence-electron chi connectivity index (χ0n) is 17.9. The summed E-state index contributed by atoms with van der Waals surface area (Å²) in [4.78, 5) is 36.9. The smallest absolute Gasteiger partial charge is 0.355 e. The van der Waals surface area contributed by atoms with Crippen molar-refractivity contribution in [2.45, 2.75) is 20.0 Å². The monoisotopic (exact) mass is 428 g/mol. The number of para-hydroxylation sites is 1. The lowest BCUT2D eigenvalue weighted by Gasteiger charge is -2.17. The average molecular weight is 428 g/mol. The maximum absolute atomic E-state index is 12.7. The molecule has 2 amide bonds. The molecule has 0 aromatic heterocycles. The molecule has 0 aliphatic carbocycles. The van der Waals surface area contributed by atoms with Gasteiger partial charge >= 0.3 is 5.97 Å². The Kier molecular flexibility index (Phi) is 7.54. The molecular formula is C26H24N2O4. The second-order valence-corrected chi connectivity index (χ2v) is 7.10. The van der Waals surface area contributed by atoms with Crippen LogP contribution in [0.25, 0.3) is 17.2 Å². The van der Waals surface area contributed by atoms with Crippen molar-refractivity contribution in [1.82, 2.24) is 5.32 Å². The van der Waals surface area contributed by atoms with E-state index in [4.69, 9.17) is 4.74 Å². The molecule has 32 heavy (non-hydrogen) atoms. The number of benzene rings is 3. The molecule has 3 rings (SSSR count). The van der Waals surface area contributed by atoms with Crippen LogP contribution in [0.4, 0.5) is 5.69 Å². The third-order valence-electron chi connectivity index (χ3n) is 4.56. The summed E-state index contributed by atoms with van der Waals surface area (Å²) in [7, 11) is 0. The van der Waals surface area contributed by atoms with E-state index in [0.717, 1.165) is 11.1 Å². The molecule has 162 valence electrons. The zero-order valence-corrected chi connectivity index (χ0v) is 17.9. The molecule has 0 saturated carbocycles. The standard InChI is InChI=1S/C26H24N2O4/c1-18(32-26(31)24(27-19(2)29)17-20-11-5-3-6-12-20)25(30)28-23-16-10-9-15-22(23)21-13-7-4-8-14-21/h3-18H,1-2H3,(H,27,29)(H,28,30). The van der Waals surface area contributed by atoms with Gasteiger partial charge in [-0.15, -0.1) is 0 Å². The highest BCUT2D eigenvalue weighted by Crippen LogP contribution is 2.27. The van der Waals surface area contributed by atoms with E-state index in [1.165, 1.54) is 19.9 Å². The summed E-state index contributed by atoms with van der Waals surface area (Å²) in [5, 5.41) is 5.29. The highest BCUT2D eigenvalue weighted by atomic mass is 16.5. The number of ether oxygens (including phenoxy) is 1. The van der Waals surface area contributed by atoms with E-state index in [9.17, 15) is 14.4 Å². The van der Waals surface area contributed by atoms with Gasteiger partial charge in [-0.25, -0.2) is 4.79 Å². The minimum atomic E-state index is -1.08. The van der Waals surface area contributed by atoms with Gasteiger partial charge in [-0.05, 0) is 30.2 Å². The van der Waals surface area contributed by atoms with E-state index in [-0.39, 0.29) is 5.70 Å². The van der Waals surface area contributed by atoms with Crippen LogP contribution in [0, 0.1) is 0 Å². The number of nitrogens with one attached hydrogen (secondary N) is 2. The van der Waals surface area contributed by atoms with Crippen molar-refractivity contribution in [2.24, 2.45) is 0 Å². The predicted octanol–water partition coefficient (Wildman–Crippen LogP) is 4.40. The topological polar surface area (TPSA) is 84.5 Å². The lowest BCUT2D eigenvalue weighted by molar-refractivity contribution is -0.149. The van der Waals surface area contributed by atoms with E-state index >= 15 is 0 Å². The van der Waals surface area contributed by atoms with Gasteiger partial charge in [0.05, 0.1) is 0 Å². The van der Waals surface area contributed by atoms with E-state index in [2.05, 4.69) is 10.6 Å². The number of amides is 2. The SMILES string of the molecule is CC(=O)NC(=Cc1ccccc1)C(=O)OC(C)C(=O)Nc1ccccc1-c1ccccc1. The number of hydrogen-bond acceptors (Lipinski definition) is 4. The number of hydrogen-bond donors (Lipinski definition) is 2. The predicted molar refractivity (Wildman–Crippen MR) is 124 cm³/mol. The first-order valence-corrected chi connectivity index (χ1v) is 10.1. The van der Waals surface area contributed by atoms with Crippen LogP contribution in [0.1, 0.15) is 19.4 Å². The molecule has 0 bridgehead atoms. The Labute approximate surface area is 186 Å². The molecular weight excluding hydrogens is 404 g/mol. The number of rotatable bonds is 7. The molecule has 1 atom stereocenters. The molecule has 1 unspecified atom stereocenters. The molecule has 0 radical (unpaired) electrons. The Morgan fingerprint density at radius 1 is 0.844 bits per heavy atom. The molecule has 0 aliphatic heterocycles.